The van der Waals surface area contributed by atoms with E-state index >= 15 is 0 Å². The molecule has 0 aliphatic carbocycles. The van der Waals surface area contributed by atoms with Crippen molar-refractivity contribution in [2.75, 3.05) is 18.9 Å². The lowest BCUT2D eigenvalue weighted by Gasteiger charge is -2.08. The van der Waals surface area contributed by atoms with Gasteiger partial charge < -0.3 is 9.15 Å². The zero-order chi connectivity index (χ0) is 15.5. The van der Waals surface area contributed by atoms with Crippen LogP contribution in [0.3, 0.4) is 0 Å². The van der Waals surface area contributed by atoms with Crippen molar-refractivity contribution in [1.29, 1.82) is 0 Å². The first-order chi connectivity index (χ1) is 10.6. The van der Waals surface area contributed by atoms with Crippen LogP contribution in [0.5, 0.6) is 0 Å². The average Bonchev–Trinajstić information content (AvgIpc) is 3.14. The van der Waals surface area contributed by atoms with Crippen molar-refractivity contribution < 1.29 is 18.7 Å². The number of carbonyl (C=O) groups is 2. The van der Waals surface area contributed by atoms with E-state index in [0.717, 1.165) is 27.8 Å². The summed E-state index contributed by atoms with van der Waals surface area (Å²) in [5.41, 5.74) is 1.88. The Labute approximate surface area is 130 Å². The van der Waals surface area contributed by atoms with Crippen molar-refractivity contribution in [3.8, 4) is 11.5 Å². The molecule has 7 nitrogen and oxygen atoms in total. The van der Waals surface area contributed by atoms with E-state index in [1.807, 2.05) is 31.2 Å². The van der Waals surface area contributed by atoms with Crippen LogP contribution < -0.4 is 0 Å². The molecule has 3 rings (SSSR count). The highest BCUT2D eigenvalue weighted by molar-refractivity contribution is 7.99. The maximum Gasteiger partial charge on any atom is 0.416 e. The standard InChI is InChI=1S/C14H13N3O4S/c1-9-4-2-3-5-10(9)12-15-16-13(21-12)22-8-11(18)17-6-7-20-14(17)19/h2-5H,6-8H2,1H3. The van der Waals surface area contributed by atoms with Gasteiger partial charge in [0.15, 0.2) is 0 Å². The Morgan fingerprint density at radius 2 is 2.18 bits per heavy atom. The van der Waals surface area contributed by atoms with Gasteiger partial charge in [0.2, 0.25) is 11.8 Å². The maximum atomic E-state index is 11.9. The zero-order valence-corrected chi connectivity index (χ0v) is 12.6. The van der Waals surface area contributed by atoms with Crippen LogP contribution in [0.4, 0.5) is 4.79 Å². The van der Waals surface area contributed by atoms with Gasteiger partial charge in [-0.2, -0.15) is 0 Å². The summed E-state index contributed by atoms with van der Waals surface area (Å²) in [7, 11) is 0. The molecule has 22 heavy (non-hydrogen) atoms. The first-order valence-electron chi connectivity index (χ1n) is 6.64. The Morgan fingerprint density at radius 1 is 1.36 bits per heavy atom. The van der Waals surface area contributed by atoms with Crippen molar-refractivity contribution in [2.45, 2.75) is 12.1 Å². The molecule has 0 atom stereocenters. The van der Waals surface area contributed by atoms with Crippen LogP contribution in [0.25, 0.3) is 11.5 Å². The van der Waals surface area contributed by atoms with E-state index in [9.17, 15) is 9.59 Å². The number of nitrogens with zero attached hydrogens (tertiary/aromatic N) is 3. The molecule has 2 aromatic rings. The second-order valence-electron chi connectivity index (χ2n) is 4.64. The number of carbonyl (C=O) groups excluding carboxylic acids is 2. The fourth-order valence-electron chi connectivity index (χ4n) is 2.01. The van der Waals surface area contributed by atoms with E-state index in [1.165, 1.54) is 0 Å². The Bertz CT molecular complexity index is 716. The summed E-state index contributed by atoms with van der Waals surface area (Å²) in [6.07, 6.45) is -0.600. The highest BCUT2D eigenvalue weighted by atomic mass is 32.2. The largest absolute Gasteiger partial charge is 0.447 e. The van der Waals surface area contributed by atoms with E-state index in [-0.39, 0.29) is 24.8 Å². The molecule has 0 spiro atoms. The van der Waals surface area contributed by atoms with Crippen LogP contribution in [0, 0.1) is 6.92 Å². The van der Waals surface area contributed by atoms with Gasteiger partial charge in [0.1, 0.15) is 6.61 Å². The first-order valence-corrected chi connectivity index (χ1v) is 7.63. The predicted octanol–water partition coefficient (Wildman–Crippen LogP) is 2.12. The molecule has 0 bridgehead atoms. The second kappa shape index (κ2) is 6.18. The minimum absolute atomic E-state index is 0.0461. The third-order valence-corrected chi connectivity index (χ3v) is 3.97. The molecule has 1 fully saturated rings. The summed E-state index contributed by atoms with van der Waals surface area (Å²) in [5.74, 6) is 0.126. The van der Waals surface area contributed by atoms with E-state index in [2.05, 4.69) is 10.2 Å². The number of aryl methyl sites for hydroxylation is 1. The molecule has 0 radical (unpaired) electrons. The van der Waals surface area contributed by atoms with Crippen molar-refractivity contribution in [3.05, 3.63) is 29.8 Å². The van der Waals surface area contributed by atoms with Gasteiger partial charge >= 0.3 is 6.09 Å². The second-order valence-corrected chi connectivity index (χ2v) is 5.56. The SMILES string of the molecule is Cc1ccccc1-c1nnc(SCC(=O)N2CCOC2=O)o1. The molecular formula is C14H13N3O4S. The number of hydrogen-bond donors (Lipinski definition) is 0. The summed E-state index contributed by atoms with van der Waals surface area (Å²) >= 11 is 1.10. The van der Waals surface area contributed by atoms with Gasteiger partial charge in [-0.05, 0) is 18.6 Å². The van der Waals surface area contributed by atoms with E-state index in [1.54, 1.807) is 0 Å². The normalized spacial score (nSPS) is 14.2. The lowest BCUT2D eigenvalue weighted by Crippen LogP contribution is -2.32. The minimum Gasteiger partial charge on any atom is -0.447 e. The quantitative estimate of drug-likeness (QED) is 0.798. The molecule has 2 heterocycles. The molecule has 1 saturated heterocycles. The number of hydrogen-bond acceptors (Lipinski definition) is 7. The molecule has 1 aromatic heterocycles. The van der Waals surface area contributed by atoms with Crippen molar-refractivity contribution in [1.82, 2.24) is 15.1 Å². The Morgan fingerprint density at radius 3 is 2.91 bits per heavy atom. The van der Waals surface area contributed by atoms with Gasteiger partial charge in [-0.15, -0.1) is 10.2 Å². The summed E-state index contributed by atoms with van der Waals surface area (Å²) in [5, 5.41) is 8.19. The summed E-state index contributed by atoms with van der Waals surface area (Å²) in [6.45, 7) is 2.48. The van der Waals surface area contributed by atoms with Gasteiger partial charge in [0.25, 0.3) is 5.22 Å². The van der Waals surface area contributed by atoms with Crippen LogP contribution >= 0.6 is 11.8 Å². The fraction of sp³-hybridized carbons (Fsp3) is 0.286. The maximum absolute atomic E-state index is 11.9. The summed E-state index contributed by atoms with van der Waals surface area (Å²) < 4.78 is 10.3. The predicted molar refractivity (Wildman–Crippen MR) is 78.3 cm³/mol. The minimum atomic E-state index is -0.600. The van der Waals surface area contributed by atoms with Crippen LogP contribution in [0.2, 0.25) is 0 Å². The monoisotopic (exact) mass is 319 g/mol. The number of thioether (sulfide) groups is 1. The van der Waals surface area contributed by atoms with Crippen molar-refractivity contribution >= 4 is 23.8 Å². The van der Waals surface area contributed by atoms with Crippen LogP contribution in [-0.2, 0) is 9.53 Å². The third-order valence-electron chi connectivity index (χ3n) is 3.16. The number of aromatic nitrogens is 2. The number of benzene rings is 1. The van der Waals surface area contributed by atoms with Gasteiger partial charge in [-0.1, -0.05) is 30.0 Å². The van der Waals surface area contributed by atoms with Crippen LogP contribution in [-0.4, -0.2) is 46.0 Å². The number of rotatable bonds is 4. The lowest BCUT2D eigenvalue weighted by molar-refractivity contribution is -0.125. The summed E-state index contributed by atoms with van der Waals surface area (Å²) in [6, 6.07) is 7.66. The van der Waals surface area contributed by atoms with E-state index in [4.69, 9.17) is 9.15 Å². The molecule has 0 N–H and O–H groups in total. The van der Waals surface area contributed by atoms with Crippen LogP contribution in [0.15, 0.2) is 33.9 Å². The third kappa shape index (κ3) is 2.96. The molecule has 0 saturated carbocycles. The molecule has 1 aromatic carbocycles. The van der Waals surface area contributed by atoms with Gasteiger partial charge in [0, 0.05) is 5.56 Å². The Hall–Kier alpha value is -2.35. The molecule has 1 aliphatic rings. The Balaban J connectivity index is 1.64. The highest BCUT2D eigenvalue weighted by Crippen LogP contribution is 2.25. The number of cyclic esters (lactones) is 1. The fourth-order valence-corrected chi connectivity index (χ4v) is 2.65. The zero-order valence-electron chi connectivity index (χ0n) is 11.8. The molecule has 1 aliphatic heterocycles. The van der Waals surface area contributed by atoms with Gasteiger partial charge in [-0.3, -0.25) is 4.79 Å². The molecule has 8 heteroatoms. The topological polar surface area (TPSA) is 85.5 Å². The molecule has 2 amide bonds. The van der Waals surface area contributed by atoms with Crippen molar-refractivity contribution in [2.24, 2.45) is 0 Å². The van der Waals surface area contributed by atoms with E-state index < -0.39 is 6.09 Å². The molecule has 0 unspecified atom stereocenters. The smallest absolute Gasteiger partial charge is 0.416 e. The summed E-state index contributed by atoms with van der Waals surface area (Å²) in [4.78, 5) is 24.2. The molecular weight excluding hydrogens is 306 g/mol. The van der Waals surface area contributed by atoms with Crippen molar-refractivity contribution in [3.63, 3.8) is 0 Å². The highest BCUT2D eigenvalue weighted by Gasteiger charge is 2.28. The average molecular weight is 319 g/mol. The van der Waals surface area contributed by atoms with Crippen LogP contribution in [0.1, 0.15) is 5.56 Å². The number of ether oxygens (including phenoxy) is 1. The van der Waals surface area contributed by atoms with Gasteiger partial charge in [-0.25, -0.2) is 9.69 Å². The lowest BCUT2D eigenvalue weighted by atomic mass is 10.1. The molecule has 114 valence electrons. The number of imide groups is 1. The van der Waals surface area contributed by atoms with Gasteiger partial charge in [0.05, 0.1) is 12.3 Å². The first kappa shape index (κ1) is 14.6. The number of amides is 2. The Kier molecular flexibility index (Phi) is 4.10. The van der Waals surface area contributed by atoms with E-state index in [0.29, 0.717) is 11.1 Å².